The summed E-state index contributed by atoms with van der Waals surface area (Å²) in [7, 11) is -3.59. The molecule has 0 radical (unpaired) electrons. The van der Waals surface area contributed by atoms with Crippen LogP contribution in [0.15, 0.2) is 59.5 Å². The first-order valence-corrected chi connectivity index (χ1v) is 11.9. The van der Waals surface area contributed by atoms with Gasteiger partial charge in [0, 0.05) is 19.5 Å². The van der Waals surface area contributed by atoms with Crippen molar-refractivity contribution in [2.24, 2.45) is 0 Å². The maximum absolute atomic E-state index is 12.5. The number of ether oxygens (including phenoxy) is 2. The Morgan fingerprint density at radius 2 is 1.82 bits per heavy atom. The molecule has 1 aliphatic heterocycles. The van der Waals surface area contributed by atoms with Gasteiger partial charge in [0.25, 0.3) is 0 Å². The van der Waals surface area contributed by atoms with Crippen LogP contribution in [0.1, 0.15) is 17.0 Å². The number of hydrogen-bond acceptors (Lipinski definition) is 8. The van der Waals surface area contributed by atoms with Gasteiger partial charge in [-0.25, -0.2) is 13.1 Å². The zero-order valence-electron chi connectivity index (χ0n) is 17.9. The second-order valence-electron chi connectivity index (χ2n) is 7.61. The third kappa shape index (κ3) is 4.59. The normalized spacial score (nSPS) is 12.9. The van der Waals surface area contributed by atoms with E-state index in [0.29, 0.717) is 30.3 Å². The van der Waals surface area contributed by atoms with E-state index >= 15 is 0 Å². The van der Waals surface area contributed by atoms with Crippen molar-refractivity contribution in [2.75, 3.05) is 18.7 Å². The van der Waals surface area contributed by atoms with E-state index in [1.54, 1.807) is 28.8 Å². The summed E-state index contributed by atoms with van der Waals surface area (Å²) in [6, 6.07) is 16.1. The van der Waals surface area contributed by atoms with Crippen molar-refractivity contribution in [1.29, 1.82) is 0 Å². The van der Waals surface area contributed by atoms with Gasteiger partial charge in [0.05, 0.1) is 4.90 Å². The largest absolute Gasteiger partial charge is 0.454 e. The number of anilines is 1. The molecule has 0 fully saturated rings. The first-order valence-electron chi connectivity index (χ1n) is 10.4. The molecule has 0 atom stereocenters. The lowest BCUT2D eigenvalue weighted by atomic mass is 10.2. The fraction of sp³-hybridized carbons (Fsp3) is 0.227. The van der Waals surface area contributed by atoms with Crippen LogP contribution in [-0.4, -0.2) is 41.6 Å². The van der Waals surface area contributed by atoms with Gasteiger partial charge < -0.3 is 14.8 Å². The second-order valence-corrected chi connectivity index (χ2v) is 9.37. The average molecular weight is 467 g/mol. The number of aromatic nitrogens is 4. The third-order valence-electron chi connectivity index (χ3n) is 5.21. The Bertz CT molecular complexity index is 1400. The lowest BCUT2D eigenvalue weighted by Crippen LogP contribution is -2.26. The molecule has 2 aromatic carbocycles. The van der Waals surface area contributed by atoms with Gasteiger partial charge in [-0.15, -0.1) is 15.3 Å². The van der Waals surface area contributed by atoms with Crippen molar-refractivity contribution in [3.05, 3.63) is 71.5 Å². The molecule has 170 valence electrons. The molecular weight excluding hydrogens is 444 g/mol. The Morgan fingerprint density at radius 1 is 1.00 bits per heavy atom. The third-order valence-corrected chi connectivity index (χ3v) is 6.69. The van der Waals surface area contributed by atoms with Crippen LogP contribution in [0.4, 0.5) is 5.82 Å². The van der Waals surface area contributed by atoms with E-state index in [1.807, 2.05) is 37.3 Å². The Hall–Kier alpha value is -3.70. The number of nitrogens with zero attached hydrogens (tertiary/aromatic N) is 4. The molecule has 4 aromatic rings. The molecule has 2 N–H and O–H groups in total. The number of aryl methyl sites for hydroxylation is 1. The second kappa shape index (κ2) is 8.68. The van der Waals surface area contributed by atoms with E-state index in [4.69, 9.17) is 9.47 Å². The highest BCUT2D eigenvalue weighted by atomic mass is 32.2. The fourth-order valence-corrected chi connectivity index (χ4v) is 4.46. The van der Waals surface area contributed by atoms with Gasteiger partial charge in [-0.3, -0.25) is 0 Å². The Kier molecular flexibility index (Phi) is 5.56. The van der Waals surface area contributed by atoms with Gasteiger partial charge in [0.15, 0.2) is 23.0 Å². The van der Waals surface area contributed by atoms with Crippen LogP contribution in [-0.2, 0) is 23.0 Å². The van der Waals surface area contributed by atoms with Crippen LogP contribution in [0.3, 0.4) is 0 Å². The predicted octanol–water partition coefficient (Wildman–Crippen LogP) is 2.29. The lowest BCUT2D eigenvalue weighted by Gasteiger charge is -2.08. The molecule has 11 heteroatoms. The molecule has 1 aliphatic rings. The maximum Gasteiger partial charge on any atom is 0.240 e. The van der Waals surface area contributed by atoms with Crippen LogP contribution >= 0.6 is 0 Å². The predicted molar refractivity (Wildman–Crippen MR) is 121 cm³/mol. The van der Waals surface area contributed by atoms with Crippen molar-refractivity contribution in [1.82, 2.24) is 24.5 Å². The zero-order chi connectivity index (χ0) is 22.8. The lowest BCUT2D eigenvalue weighted by molar-refractivity contribution is 0.174. The number of benzene rings is 2. The molecule has 3 heterocycles. The van der Waals surface area contributed by atoms with Crippen molar-refractivity contribution >= 4 is 21.5 Å². The van der Waals surface area contributed by atoms with Crippen LogP contribution in [0.5, 0.6) is 11.5 Å². The standard InChI is InChI=1S/C22H22N6O4S/c1-15-2-5-17(6-3-15)33(29,30)24-11-10-22-26-25-21-9-8-20(27-28(21)22)23-13-16-4-7-18-19(12-16)32-14-31-18/h2-9,12,24H,10-11,13-14H2,1H3,(H,23,27). The quantitative estimate of drug-likeness (QED) is 0.406. The average Bonchev–Trinajstić information content (AvgIpc) is 3.44. The smallest absolute Gasteiger partial charge is 0.240 e. The van der Waals surface area contributed by atoms with Crippen molar-refractivity contribution in [3.63, 3.8) is 0 Å². The summed E-state index contributed by atoms with van der Waals surface area (Å²) in [5.74, 6) is 2.67. The molecule has 10 nitrogen and oxygen atoms in total. The Morgan fingerprint density at radius 3 is 2.67 bits per heavy atom. The van der Waals surface area contributed by atoms with Crippen LogP contribution in [0.2, 0.25) is 0 Å². The van der Waals surface area contributed by atoms with E-state index < -0.39 is 10.0 Å². The molecule has 0 saturated carbocycles. The zero-order valence-corrected chi connectivity index (χ0v) is 18.7. The first kappa shape index (κ1) is 21.2. The molecule has 0 spiro atoms. The number of rotatable bonds is 8. The minimum Gasteiger partial charge on any atom is -0.454 e. The summed E-state index contributed by atoms with van der Waals surface area (Å²) >= 11 is 0. The SMILES string of the molecule is Cc1ccc(S(=O)(=O)NCCc2nnc3ccc(NCc4ccc5c(c4)OCO5)nn23)cc1. The van der Waals surface area contributed by atoms with E-state index in [1.165, 1.54) is 0 Å². The van der Waals surface area contributed by atoms with Gasteiger partial charge in [-0.05, 0) is 48.9 Å². The molecule has 33 heavy (non-hydrogen) atoms. The number of fused-ring (bicyclic) bond motifs is 2. The van der Waals surface area contributed by atoms with Gasteiger partial charge in [-0.1, -0.05) is 23.8 Å². The highest BCUT2D eigenvalue weighted by Gasteiger charge is 2.15. The van der Waals surface area contributed by atoms with Gasteiger partial charge in [0.1, 0.15) is 5.82 Å². The summed E-state index contributed by atoms with van der Waals surface area (Å²) in [5, 5.41) is 16.1. The van der Waals surface area contributed by atoms with E-state index in [0.717, 1.165) is 22.6 Å². The fourth-order valence-electron chi connectivity index (χ4n) is 3.42. The van der Waals surface area contributed by atoms with Crippen molar-refractivity contribution in [3.8, 4) is 11.5 Å². The molecule has 0 unspecified atom stereocenters. The van der Waals surface area contributed by atoms with E-state index in [-0.39, 0.29) is 18.2 Å². The molecule has 0 saturated heterocycles. The minimum absolute atomic E-state index is 0.174. The summed E-state index contributed by atoms with van der Waals surface area (Å²) in [6.45, 7) is 2.87. The number of sulfonamides is 1. The highest BCUT2D eigenvalue weighted by Crippen LogP contribution is 2.32. The van der Waals surface area contributed by atoms with Crippen LogP contribution in [0, 0.1) is 6.92 Å². The van der Waals surface area contributed by atoms with Gasteiger partial charge >= 0.3 is 0 Å². The first-order chi connectivity index (χ1) is 16.0. The molecule has 5 rings (SSSR count). The monoisotopic (exact) mass is 466 g/mol. The summed E-state index contributed by atoms with van der Waals surface area (Å²) in [6.07, 6.45) is 0.338. The summed E-state index contributed by atoms with van der Waals surface area (Å²) < 4.78 is 39.9. The van der Waals surface area contributed by atoms with Crippen LogP contribution in [0.25, 0.3) is 5.65 Å². The van der Waals surface area contributed by atoms with E-state index in [9.17, 15) is 8.42 Å². The molecule has 2 aromatic heterocycles. The van der Waals surface area contributed by atoms with Gasteiger partial charge in [0.2, 0.25) is 16.8 Å². The molecule has 0 aliphatic carbocycles. The minimum atomic E-state index is -3.59. The Labute approximate surface area is 190 Å². The molecule has 0 bridgehead atoms. The number of hydrogen-bond donors (Lipinski definition) is 2. The molecular formula is C22H22N6O4S. The highest BCUT2D eigenvalue weighted by molar-refractivity contribution is 7.89. The number of nitrogens with one attached hydrogen (secondary N) is 2. The van der Waals surface area contributed by atoms with Crippen molar-refractivity contribution < 1.29 is 17.9 Å². The van der Waals surface area contributed by atoms with Gasteiger partial charge in [-0.2, -0.15) is 4.52 Å². The maximum atomic E-state index is 12.5. The Balaban J connectivity index is 1.24. The van der Waals surface area contributed by atoms with E-state index in [2.05, 4.69) is 25.3 Å². The van der Waals surface area contributed by atoms with Crippen molar-refractivity contribution in [2.45, 2.75) is 24.8 Å². The van der Waals surface area contributed by atoms with Crippen LogP contribution < -0.4 is 19.5 Å². The topological polar surface area (TPSA) is 120 Å². The molecule has 0 amide bonds. The summed E-state index contributed by atoms with van der Waals surface area (Å²) in [5.41, 5.74) is 2.61. The summed E-state index contributed by atoms with van der Waals surface area (Å²) in [4.78, 5) is 0.229.